The first-order valence-electron chi connectivity index (χ1n) is 11.0. The average molecular weight is 448 g/mol. The zero-order chi connectivity index (χ0) is 22.9. The van der Waals surface area contributed by atoms with Gasteiger partial charge in [-0.05, 0) is 71.7 Å². The van der Waals surface area contributed by atoms with Crippen LogP contribution in [0.25, 0.3) is 21.9 Å². The van der Waals surface area contributed by atoms with Gasteiger partial charge in [0.1, 0.15) is 0 Å². The van der Waals surface area contributed by atoms with E-state index >= 15 is 0 Å². The maximum absolute atomic E-state index is 14.5. The van der Waals surface area contributed by atoms with Gasteiger partial charge in [-0.15, -0.1) is 13.2 Å². The first-order chi connectivity index (χ1) is 15.2. The number of rotatable bonds is 5. The molecule has 0 aromatic heterocycles. The van der Waals surface area contributed by atoms with E-state index in [9.17, 15) is 22.0 Å². The van der Waals surface area contributed by atoms with Crippen molar-refractivity contribution in [1.29, 1.82) is 0 Å². The van der Waals surface area contributed by atoms with E-state index in [1.54, 1.807) is 12.1 Å². The molecule has 4 rings (SSSR count). The van der Waals surface area contributed by atoms with Gasteiger partial charge in [0.05, 0.1) is 0 Å². The van der Waals surface area contributed by atoms with Crippen molar-refractivity contribution >= 4 is 10.8 Å². The molecule has 3 aromatic rings. The Morgan fingerprint density at radius 1 is 0.875 bits per heavy atom. The van der Waals surface area contributed by atoms with Crippen molar-refractivity contribution in [2.45, 2.75) is 57.7 Å². The van der Waals surface area contributed by atoms with Crippen LogP contribution in [0.4, 0.5) is 22.0 Å². The van der Waals surface area contributed by atoms with Gasteiger partial charge in [0, 0.05) is 5.39 Å². The lowest BCUT2D eigenvalue weighted by Gasteiger charge is -2.28. The highest BCUT2D eigenvalue weighted by Gasteiger charge is 2.34. The van der Waals surface area contributed by atoms with E-state index < -0.39 is 23.7 Å². The fraction of sp³-hybridized carbons (Fsp3) is 0.385. The summed E-state index contributed by atoms with van der Waals surface area (Å²) in [6, 6.07) is 13.6. The van der Waals surface area contributed by atoms with Crippen LogP contribution in [0.15, 0.2) is 48.5 Å². The molecule has 0 N–H and O–H groups in total. The summed E-state index contributed by atoms with van der Waals surface area (Å²) in [5, 5.41) is 0.0419. The van der Waals surface area contributed by atoms with Crippen molar-refractivity contribution < 1.29 is 26.7 Å². The fourth-order valence-electron chi connectivity index (χ4n) is 4.84. The number of benzene rings is 3. The quantitative estimate of drug-likeness (QED) is 0.355. The number of hydrogen-bond donors (Lipinski definition) is 0. The van der Waals surface area contributed by atoms with Gasteiger partial charge in [0.25, 0.3) is 0 Å². The molecule has 0 heterocycles. The standard InChI is InChI=1S/C26H25F5O/c1-2-3-16-4-6-17(7-5-16)18-8-10-19(11-9-18)20-12-13-22-21(14-20)15-23(27)25(24(22)28)32-26(29,30)31/h8-17H,2-7H2,1H3. The second-order valence-electron chi connectivity index (χ2n) is 8.61. The van der Waals surface area contributed by atoms with Crippen molar-refractivity contribution in [2.24, 2.45) is 5.92 Å². The zero-order valence-corrected chi connectivity index (χ0v) is 17.8. The lowest BCUT2D eigenvalue weighted by atomic mass is 9.77. The molecular formula is C26H25F5O. The monoisotopic (exact) mass is 448 g/mol. The van der Waals surface area contributed by atoms with Crippen LogP contribution in [0.5, 0.6) is 5.75 Å². The second kappa shape index (κ2) is 9.08. The van der Waals surface area contributed by atoms with Gasteiger partial charge in [-0.2, -0.15) is 0 Å². The molecule has 32 heavy (non-hydrogen) atoms. The first kappa shape index (κ1) is 22.6. The third-order valence-electron chi connectivity index (χ3n) is 6.46. The number of ether oxygens (including phenoxy) is 1. The highest BCUT2D eigenvalue weighted by atomic mass is 19.4. The maximum Gasteiger partial charge on any atom is 0.573 e. The minimum absolute atomic E-state index is 0.130. The van der Waals surface area contributed by atoms with Gasteiger partial charge in [0.2, 0.25) is 5.75 Å². The molecule has 170 valence electrons. The van der Waals surface area contributed by atoms with Crippen LogP contribution < -0.4 is 4.74 Å². The molecule has 1 saturated carbocycles. The summed E-state index contributed by atoms with van der Waals surface area (Å²) < 4.78 is 69.5. The van der Waals surface area contributed by atoms with Gasteiger partial charge in [0.15, 0.2) is 11.6 Å². The Labute approximate surface area is 184 Å². The van der Waals surface area contributed by atoms with Crippen LogP contribution in [-0.2, 0) is 0 Å². The highest BCUT2D eigenvalue weighted by molar-refractivity contribution is 5.89. The van der Waals surface area contributed by atoms with Crippen LogP contribution in [0.1, 0.15) is 56.9 Å². The van der Waals surface area contributed by atoms with E-state index in [2.05, 4.69) is 23.8 Å². The Morgan fingerprint density at radius 2 is 1.53 bits per heavy atom. The van der Waals surface area contributed by atoms with Gasteiger partial charge in [-0.25, -0.2) is 8.78 Å². The first-order valence-corrected chi connectivity index (χ1v) is 11.0. The molecule has 0 atom stereocenters. The summed E-state index contributed by atoms with van der Waals surface area (Å²) in [5.41, 5.74) is 2.92. The van der Waals surface area contributed by atoms with Crippen molar-refractivity contribution in [3.63, 3.8) is 0 Å². The molecule has 0 radical (unpaired) electrons. The Kier molecular flexibility index (Phi) is 6.40. The molecule has 3 aromatic carbocycles. The molecule has 1 aliphatic rings. The third kappa shape index (κ3) is 4.89. The summed E-state index contributed by atoms with van der Waals surface area (Å²) in [6.45, 7) is 2.23. The lowest BCUT2D eigenvalue weighted by molar-refractivity contribution is -0.276. The highest BCUT2D eigenvalue weighted by Crippen LogP contribution is 2.39. The van der Waals surface area contributed by atoms with Crippen molar-refractivity contribution in [2.75, 3.05) is 0 Å². The van der Waals surface area contributed by atoms with Crippen LogP contribution in [0.3, 0.4) is 0 Å². The van der Waals surface area contributed by atoms with E-state index in [4.69, 9.17) is 0 Å². The summed E-state index contributed by atoms with van der Waals surface area (Å²) >= 11 is 0. The molecule has 1 aliphatic carbocycles. The molecule has 0 aliphatic heterocycles. The third-order valence-corrected chi connectivity index (χ3v) is 6.46. The van der Waals surface area contributed by atoms with E-state index in [1.807, 2.05) is 12.1 Å². The van der Waals surface area contributed by atoms with E-state index in [0.717, 1.165) is 23.1 Å². The fourth-order valence-corrected chi connectivity index (χ4v) is 4.84. The van der Waals surface area contributed by atoms with Crippen molar-refractivity contribution in [3.05, 3.63) is 65.7 Å². The minimum atomic E-state index is -5.17. The zero-order valence-electron chi connectivity index (χ0n) is 17.8. The molecule has 1 nitrogen and oxygen atoms in total. The Morgan fingerprint density at radius 3 is 2.16 bits per heavy atom. The molecule has 0 amide bonds. The minimum Gasteiger partial charge on any atom is -0.399 e. The molecule has 0 bridgehead atoms. The average Bonchev–Trinajstić information content (AvgIpc) is 2.76. The maximum atomic E-state index is 14.5. The molecule has 1 fully saturated rings. The summed E-state index contributed by atoms with van der Waals surface area (Å²) in [5.74, 6) is -2.79. The predicted octanol–water partition coefficient (Wildman–Crippen LogP) is 8.76. The largest absolute Gasteiger partial charge is 0.573 e. The molecule has 6 heteroatoms. The summed E-state index contributed by atoms with van der Waals surface area (Å²) in [7, 11) is 0. The van der Waals surface area contributed by atoms with Crippen LogP contribution in [-0.4, -0.2) is 6.36 Å². The normalized spacial score (nSPS) is 19.3. The number of hydrogen-bond acceptors (Lipinski definition) is 1. The van der Waals surface area contributed by atoms with Crippen LogP contribution in [0.2, 0.25) is 0 Å². The molecular weight excluding hydrogens is 423 g/mol. The molecule has 0 spiro atoms. The Bertz CT molecular complexity index is 1080. The predicted molar refractivity (Wildman–Crippen MR) is 116 cm³/mol. The second-order valence-corrected chi connectivity index (χ2v) is 8.61. The van der Waals surface area contributed by atoms with Gasteiger partial charge in [-0.1, -0.05) is 56.2 Å². The number of alkyl halides is 3. The van der Waals surface area contributed by atoms with Gasteiger partial charge in [-0.3, -0.25) is 0 Å². The van der Waals surface area contributed by atoms with Gasteiger partial charge < -0.3 is 4.74 Å². The molecule has 0 saturated heterocycles. The lowest BCUT2D eigenvalue weighted by Crippen LogP contribution is -2.19. The summed E-state index contributed by atoms with van der Waals surface area (Å²) in [4.78, 5) is 0. The van der Waals surface area contributed by atoms with E-state index in [0.29, 0.717) is 5.92 Å². The number of fused-ring (bicyclic) bond motifs is 1. The Balaban J connectivity index is 1.56. The van der Waals surface area contributed by atoms with Gasteiger partial charge >= 0.3 is 6.36 Å². The smallest absolute Gasteiger partial charge is 0.399 e. The van der Waals surface area contributed by atoms with E-state index in [-0.39, 0.29) is 10.8 Å². The topological polar surface area (TPSA) is 9.23 Å². The Hall–Kier alpha value is -2.63. The molecule has 0 unspecified atom stereocenters. The summed E-state index contributed by atoms with van der Waals surface area (Å²) in [6.07, 6.45) is 2.29. The van der Waals surface area contributed by atoms with Crippen LogP contribution >= 0.6 is 0 Å². The van der Waals surface area contributed by atoms with Crippen LogP contribution in [0, 0.1) is 17.6 Å². The number of halogens is 5. The van der Waals surface area contributed by atoms with Crippen molar-refractivity contribution in [3.8, 4) is 16.9 Å². The SMILES string of the molecule is CCCC1CCC(c2ccc(-c3ccc4c(F)c(OC(F)(F)F)c(F)cc4c3)cc2)CC1. The van der Waals surface area contributed by atoms with E-state index in [1.165, 1.54) is 50.2 Å². The van der Waals surface area contributed by atoms with Crippen molar-refractivity contribution in [1.82, 2.24) is 0 Å².